The third kappa shape index (κ3) is 3.22. The maximum Gasteiger partial charge on any atom is 0.241 e. The quantitative estimate of drug-likeness (QED) is 0.929. The first-order chi connectivity index (χ1) is 9.31. The third-order valence-corrected chi connectivity index (χ3v) is 5.65. The maximum atomic E-state index is 12.5. The molecule has 1 aromatic rings. The fourth-order valence-corrected chi connectivity index (χ4v) is 4.19. The molecule has 0 aliphatic carbocycles. The highest BCUT2D eigenvalue weighted by Gasteiger charge is 2.27. The SMILES string of the molecule is Cc1cc(C)c(S(=O)(=O)N[C@H](C)[C@@H]2CCCO2)cc1C. The minimum atomic E-state index is -3.50. The summed E-state index contributed by atoms with van der Waals surface area (Å²) in [6.45, 7) is 8.33. The zero-order valence-corrected chi connectivity index (χ0v) is 13.4. The van der Waals surface area contributed by atoms with E-state index in [9.17, 15) is 8.42 Å². The Kier molecular flexibility index (Phi) is 4.52. The van der Waals surface area contributed by atoms with E-state index in [4.69, 9.17) is 4.74 Å². The summed E-state index contributed by atoms with van der Waals surface area (Å²) < 4.78 is 33.3. The second-order valence-electron chi connectivity index (χ2n) is 5.66. The Balaban J connectivity index is 2.24. The number of ether oxygens (including phenoxy) is 1. The summed E-state index contributed by atoms with van der Waals surface area (Å²) in [7, 11) is -3.50. The molecule has 1 fully saturated rings. The predicted molar refractivity (Wildman–Crippen MR) is 79.4 cm³/mol. The Morgan fingerprint density at radius 1 is 1.20 bits per heavy atom. The van der Waals surface area contributed by atoms with Crippen LogP contribution in [0.2, 0.25) is 0 Å². The van der Waals surface area contributed by atoms with E-state index in [-0.39, 0.29) is 12.1 Å². The molecule has 0 saturated carbocycles. The number of nitrogens with one attached hydrogen (secondary N) is 1. The minimum Gasteiger partial charge on any atom is -0.377 e. The number of hydrogen-bond donors (Lipinski definition) is 1. The third-order valence-electron chi connectivity index (χ3n) is 3.94. The van der Waals surface area contributed by atoms with Gasteiger partial charge in [0.25, 0.3) is 0 Å². The highest BCUT2D eigenvalue weighted by Crippen LogP contribution is 2.22. The molecule has 0 aromatic heterocycles. The fraction of sp³-hybridized carbons (Fsp3) is 0.600. The molecule has 0 spiro atoms. The van der Waals surface area contributed by atoms with E-state index in [1.54, 1.807) is 6.07 Å². The van der Waals surface area contributed by atoms with Crippen molar-refractivity contribution >= 4 is 10.0 Å². The molecule has 20 heavy (non-hydrogen) atoms. The molecule has 0 radical (unpaired) electrons. The molecule has 1 heterocycles. The van der Waals surface area contributed by atoms with E-state index in [1.807, 2.05) is 33.8 Å². The van der Waals surface area contributed by atoms with Gasteiger partial charge in [0.1, 0.15) is 0 Å². The van der Waals surface area contributed by atoms with Gasteiger partial charge in [-0.15, -0.1) is 0 Å². The van der Waals surface area contributed by atoms with Gasteiger partial charge in [-0.25, -0.2) is 13.1 Å². The second kappa shape index (κ2) is 5.84. The van der Waals surface area contributed by atoms with Crippen LogP contribution < -0.4 is 4.72 Å². The largest absolute Gasteiger partial charge is 0.377 e. The molecule has 1 aliphatic rings. The first kappa shape index (κ1) is 15.5. The van der Waals surface area contributed by atoms with E-state index in [2.05, 4.69) is 4.72 Å². The second-order valence-corrected chi connectivity index (χ2v) is 7.35. The predicted octanol–water partition coefficient (Wildman–Crippen LogP) is 2.46. The Morgan fingerprint density at radius 2 is 1.85 bits per heavy atom. The summed E-state index contributed by atoms with van der Waals surface area (Å²) in [5, 5.41) is 0. The molecule has 5 heteroatoms. The first-order valence-electron chi connectivity index (χ1n) is 7.03. The summed E-state index contributed by atoms with van der Waals surface area (Å²) in [6, 6.07) is 3.46. The van der Waals surface area contributed by atoms with Crippen LogP contribution in [0.5, 0.6) is 0 Å². The summed E-state index contributed by atoms with van der Waals surface area (Å²) in [5.41, 5.74) is 2.87. The molecule has 4 nitrogen and oxygen atoms in total. The summed E-state index contributed by atoms with van der Waals surface area (Å²) >= 11 is 0. The Bertz CT molecular complexity index is 589. The van der Waals surface area contributed by atoms with Gasteiger partial charge in [-0.3, -0.25) is 0 Å². The van der Waals surface area contributed by atoms with Gasteiger partial charge in [0.05, 0.1) is 11.0 Å². The molecule has 1 aromatic carbocycles. The topological polar surface area (TPSA) is 55.4 Å². The number of sulfonamides is 1. The monoisotopic (exact) mass is 297 g/mol. The van der Waals surface area contributed by atoms with Crippen LogP contribution in [-0.4, -0.2) is 27.2 Å². The molecule has 1 saturated heterocycles. The van der Waals surface area contributed by atoms with Crippen molar-refractivity contribution in [2.45, 2.75) is 57.6 Å². The Labute approximate surface area is 121 Å². The standard InChI is InChI=1S/C15H23NO3S/c1-10-8-12(3)15(9-11(10)2)20(17,18)16-13(4)14-6-5-7-19-14/h8-9,13-14,16H,5-7H2,1-4H3/t13-,14+/m1/s1. The Hall–Kier alpha value is -0.910. The summed E-state index contributed by atoms with van der Waals surface area (Å²) in [6.07, 6.45) is 1.89. The summed E-state index contributed by atoms with van der Waals surface area (Å²) in [5.74, 6) is 0. The average molecular weight is 297 g/mol. The lowest BCUT2D eigenvalue weighted by Gasteiger charge is -2.21. The molecule has 1 N–H and O–H groups in total. The molecule has 2 atom stereocenters. The lowest BCUT2D eigenvalue weighted by atomic mass is 10.1. The molecule has 0 unspecified atom stereocenters. The van der Waals surface area contributed by atoms with Gasteiger partial charge in [-0.05, 0) is 63.3 Å². The average Bonchev–Trinajstić information content (AvgIpc) is 2.86. The lowest BCUT2D eigenvalue weighted by Crippen LogP contribution is -2.41. The first-order valence-corrected chi connectivity index (χ1v) is 8.51. The highest BCUT2D eigenvalue weighted by molar-refractivity contribution is 7.89. The van der Waals surface area contributed by atoms with E-state index < -0.39 is 10.0 Å². The fourth-order valence-electron chi connectivity index (χ4n) is 2.60. The maximum absolute atomic E-state index is 12.5. The molecule has 112 valence electrons. The van der Waals surface area contributed by atoms with Crippen molar-refractivity contribution in [3.63, 3.8) is 0 Å². The highest BCUT2D eigenvalue weighted by atomic mass is 32.2. The zero-order valence-electron chi connectivity index (χ0n) is 12.6. The van der Waals surface area contributed by atoms with Crippen molar-refractivity contribution in [2.75, 3.05) is 6.61 Å². The molecular formula is C15H23NO3S. The normalized spacial score (nSPS) is 21.1. The lowest BCUT2D eigenvalue weighted by molar-refractivity contribution is 0.0902. The van der Waals surface area contributed by atoms with E-state index >= 15 is 0 Å². The van der Waals surface area contributed by atoms with Gasteiger partial charge in [-0.2, -0.15) is 0 Å². The van der Waals surface area contributed by atoms with Gasteiger partial charge in [0.2, 0.25) is 10.0 Å². The number of hydrogen-bond acceptors (Lipinski definition) is 3. The number of rotatable bonds is 4. The van der Waals surface area contributed by atoms with Crippen LogP contribution in [0.15, 0.2) is 17.0 Å². The van der Waals surface area contributed by atoms with E-state index in [0.717, 1.165) is 36.1 Å². The van der Waals surface area contributed by atoms with Crippen LogP contribution in [0.3, 0.4) is 0 Å². The van der Waals surface area contributed by atoms with Crippen LogP contribution >= 0.6 is 0 Å². The molecule has 0 amide bonds. The van der Waals surface area contributed by atoms with Crippen LogP contribution in [0.25, 0.3) is 0 Å². The van der Waals surface area contributed by atoms with Crippen LogP contribution in [0, 0.1) is 20.8 Å². The van der Waals surface area contributed by atoms with Crippen molar-refractivity contribution in [3.05, 3.63) is 28.8 Å². The smallest absolute Gasteiger partial charge is 0.241 e. The molecule has 1 aliphatic heterocycles. The number of aryl methyl sites for hydroxylation is 3. The van der Waals surface area contributed by atoms with Gasteiger partial charge in [0, 0.05) is 12.6 Å². The van der Waals surface area contributed by atoms with Gasteiger partial charge in [-0.1, -0.05) is 6.07 Å². The summed E-state index contributed by atoms with van der Waals surface area (Å²) in [4.78, 5) is 0.366. The molecular weight excluding hydrogens is 274 g/mol. The van der Waals surface area contributed by atoms with Crippen molar-refractivity contribution < 1.29 is 13.2 Å². The molecule has 0 bridgehead atoms. The van der Waals surface area contributed by atoms with Crippen LogP contribution in [-0.2, 0) is 14.8 Å². The van der Waals surface area contributed by atoms with Crippen LogP contribution in [0.4, 0.5) is 0 Å². The van der Waals surface area contributed by atoms with E-state index in [0.29, 0.717) is 4.90 Å². The van der Waals surface area contributed by atoms with Crippen molar-refractivity contribution in [3.8, 4) is 0 Å². The van der Waals surface area contributed by atoms with Crippen molar-refractivity contribution in [2.24, 2.45) is 0 Å². The van der Waals surface area contributed by atoms with E-state index in [1.165, 1.54) is 0 Å². The van der Waals surface area contributed by atoms with Crippen molar-refractivity contribution in [1.29, 1.82) is 0 Å². The zero-order chi connectivity index (χ0) is 14.9. The minimum absolute atomic E-state index is 0.0170. The molecule has 2 rings (SSSR count). The van der Waals surface area contributed by atoms with Gasteiger partial charge in [0.15, 0.2) is 0 Å². The van der Waals surface area contributed by atoms with Gasteiger partial charge >= 0.3 is 0 Å². The Morgan fingerprint density at radius 3 is 2.45 bits per heavy atom. The van der Waals surface area contributed by atoms with Crippen molar-refractivity contribution in [1.82, 2.24) is 4.72 Å². The van der Waals surface area contributed by atoms with Gasteiger partial charge < -0.3 is 4.74 Å². The van der Waals surface area contributed by atoms with Crippen LogP contribution in [0.1, 0.15) is 36.5 Å². The number of benzene rings is 1.